The zero-order valence-corrected chi connectivity index (χ0v) is 14.5. The van der Waals surface area contributed by atoms with Crippen molar-refractivity contribution in [2.24, 2.45) is 5.92 Å². The van der Waals surface area contributed by atoms with Crippen LogP contribution in [0.4, 0.5) is 0 Å². The van der Waals surface area contributed by atoms with Crippen molar-refractivity contribution in [3.05, 3.63) is 107 Å². The first-order valence-electron chi connectivity index (χ1n) is 8.85. The standard InChI is InChI=1S/C24H22O/c1-3-18-14-17(2)15-22-21(19-10-6-4-7-11-19)16-23(25-24(18)22)20-12-8-5-9-13-20/h3-13,16-17H,1,14-15H2,2H3. The van der Waals surface area contributed by atoms with E-state index in [1.165, 1.54) is 22.3 Å². The van der Waals surface area contributed by atoms with Crippen molar-refractivity contribution >= 4 is 11.3 Å². The molecule has 0 radical (unpaired) electrons. The molecular formula is C24H22O. The van der Waals surface area contributed by atoms with Crippen LogP contribution < -0.4 is 0 Å². The average molecular weight is 326 g/mol. The van der Waals surface area contributed by atoms with E-state index >= 15 is 0 Å². The average Bonchev–Trinajstić information content (AvgIpc) is 2.68. The summed E-state index contributed by atoms with van der Waals surface area (Å²) in [6, 6.07) is 20.9. The van der Waals surface area contributed by atoms with Crippen LogP contribution in [0.2, 0.25) is 0 Å². The Morgan fingerprint density at radius 2 is 1.56 bits per heavy atom. The highest BCUT2D eigenvalue weighted by Crippen LogP contribution is 2.44. The first kappa shape index (κ1) is 15.7. The molecule has 25 heavy (non-hydrogen) atoms. The fourth-order valence-corrected chi connectivity index (χ4v) is 3.69. The molecule has 2 aliphatic rings. The lowest BCUT2D eigenvalue weighted by atomic mass is 9.80. The predicted molar refractivity (Wildman–Crippen MR) is 104 cm³/mol. The molecule has 0 aromatic heterocycles. The number of rotatable bonds is 3. The van der Waals surface area contributed by atoms with Crippen molar-refractivity contribution < 1.29 is 4.74 Å². The maximum atomic E-state index is 6.39. The van der Waals surface area contributed by atoms with E-state index in [2.05, 4.69) is 62.0 Å². The second-order valence-electron chi connectivity index (χ2n) is 6.81. The molecular weight excluding hydrogens is 304 g/mol. The van der Waals surface area contributed by atoms with Gasteiger partial charge in [-0.2, -0.15) is 0 Å². The van der Waals surface area contributed by atoms with Gasteiger partial charge < -0.3 is 4.74 Å². The Morgan fingerprint density at radius 3 is 2.20 bits per heavy atom. The van der Waals surface area contributed by atoms with E-state index in [1.807, 2.05) is 24.3 Å². The summed E-state index contributed by atoms with van der Waals surface area (Å²) in [6.07, 6.45) is 6.21. The van der Waals surface area contributed by atoms with Gasteiger partial charge in [-0.15, -0.1) is 0 Å². The molecule has 0 bridgehead atoms. The van der Waals surface area contributed by atoms with Gasteiger partial charge in [-0.05, 0) is 41.5 Å². The number of ether oxygens (including phenoxy) is 1. The summed E-state index contributed by atoms with van der Waals surface area (Å²) in [4.78, 5) is 0. The molecule has 2 aromatic rings. The van der Waals surface area contributed by atoms with Crippen LogP contribution in [0.25, 0.3) is 11.3 Å². The van der Waals surface area contributed by atoms with Gasteiger partial charge in [0.2, 0.25) is 0 Å². The van der Waals surface area contributed by atoms with Gasteiger partial charge in [0, 0.05) is 11.1 Å². The highest BCUT2D eigenvalue weighted by molar-refractivity contribution is 5.88. The zero-order valence-electron chi connectivity index (χ0n) is 14.5. The topological polar surface area (TPSA) is 9.23 Å². The summed E-state index contributed by atoms with van der Waals surface area (Å²) in [6.45, 7) is 6.32. The largest absolute Gasteiger partial charge is 0.456 e. The quantitative estimate of drug-likeness (QED) is 0.635. The van der Waals surface area contributed by atoms with Crippen LogP contribution in [0.15, 0.2) is 96.3 Å². The highest BCUT2D eigenvalue weighted by atomic mass is 16.5. The van der Waals surface area contributed by atoms with Gasteiger partial charge in [0.25, 0.3) is 0 Å². The van der Waals surface area contributed by atoms with Crippen molar-refractivity contribution in [3.8, 4) is 0 Å². The minimum Gasteiger partial charge on any atom is -0.456 e. The molecule has 1 aliphatic heterocycles. The smallest absolute Gasteiger partial charge is 0.135 e. The normalized spacial score (nSPS) is 19.9. The Morgan fingerprint density at radius 1 is 0.920 bits per heavy atom. The molecule has 0 saturated heterocycles. The van der Waals surface area contributed by atoms with Gasteiger partial charge in [0.1, 0.15) is 11.5 Å². The van der Waals surface area contributed by atoms with Gasteiger partial charge in [0.15, 0.2) is 0 Å². The van der Waals surface area contributed by atoms with Crippen LogP contribution in [-0.2, 0) is 4.74 Å². The summed E-state index contributed by atoms with van der Waals surface area (Å²) < 4.78 is 6.39. The second-order valence-corrected chi connectivity index (χ2v) is 6.81. The fourth-order valence-electron chi connectivity index (χ4n) is 3.69. The molecule has 124 valence electrons. The van der Waals surface area contributed by atoms with E-state index in [0.29, 0.717) is 5.92 Å². The molecule has 1 unspecified atom stereocenters. The lowest BCUT2D eigenvalue weighted by Gasteiger charge is -2.31. The molecule has 1 heteroatoms. The Kier molecular flexibility index (Phi) is 4.15. The van der Waals surface area contributed by atoms with Crippen molar-refractivity contribution in [3.63, 3.8) is 0 Å². The molecule has 0 spiro atoms. The first-order valence-corrected chi connectivity index (χ1v) is 8.85. The van der Waals surface area contributed by atoms with Crippen molar-refractivity contribution in [1.82, 2.24) is 0 Å². The third-order valence-electron chi connectivity index (χ3n) is 4.89. The summed E-state index contributed by atoms with van der Waals surface area (Å²) >= 11 is 0. The summed E-state index contributed by atoms with van der Waals surface area (Å²) in [5.74, 6) is 2.51. The number of fused-ring (bicyclic) bond motifs is 1. The molecule has 2 aromatic carbocycles. The van der Waals surface area contributed by atoms with Crippen molar-refractivity contribution in [2.45, 2.75) is 19.8 Å². The lowest BCUT2D eigenvalue weighted by Crippen LogP contribution is -2.16. The Balaban J connectivity index is 1.94. The first-order chi connectivity index (χ1) is 12.3. The fraction of sp³-hybridized carbons (Fsp3) is 0.167. The molecule has 1 heterocycles. The second kappa shape index (κ2) is 6.60. The number of allylic oxidation sites excluding steroid dienone is 5. The third-order valence-corrected chi connectivity index (χ3v) is 4.89. The van der Waals surface area contributed by atoms with Gasteiger partial charge in [-0.25, -0.2) is 0 Å². The van der Waals surface area contributed by atoms with E-state index in [1.54, 1.807) is 0 Å². The zero-order chi connectivity index (χ0) is 17.2. The maximum Gasteiger partial charge on any atom is 0.135 e. The Bertz CT molecular complexity index is 882. The van der Waals surface area contributed by atoms with Crippen LogP contribution in [0, 0.1) is 5.92 Å². The minimum atomic E-state index is 0.598. The molecule has 0 fully saturated rings. The summed E-state index contributed by atoms with van der Waals surface area (Å²) in [7, 11) is 0. The van der Waals surface area contributed by atoms with Gasteiger partial charge in [-0.1, -0.05) is 80.2 Å². The van der Waals surface area contributed by atoms with E-state index in [9.17, 15) is 0 Å². The molecule has 1 aliphatic carbocycles. The molecule has 0 amide bonds. The lowest BCUT2D eigenvalue weighted by molar-refractivity contribution is 0.358. The highest BCUT2D eigenvalue weighted by Gasteiger charge is 2.29. The van der Waals surface area contributed by atoms with Crippen molar-refractivity contribution in [2.75, 3.05) is 0 Å². The monoisotopic (exact) mass is 326 g/mol. The van der Waals surface area contributed by atoms with Gasteiger partial charge in [0.05, 0.1) is 0 Å². The SMILES string of the molecule is C=CC1=C2OC(c3ccccc3)=CC(c3ccccc3)=C2CC(C)C1. The predicted octanol–water partition coefficient (Wildman–Crippen LogP) is 6.38. The van der Waals surface area contributed by atoms with Crippen LogP contribution in [-0.4, -0.2) is 0 Å². The van der Waals surface area contributed by atoms with E-state index < -0.39 is 0 Å². The number of hydrogen-bond donors (Lipinski definition) is 0. The van der Waals surface area contributed by atoms with Crippen LogP contribution in [0.5, 0.6) is 0 Å². The molecule has 1 nitrogen and oxygen atoms in total. The van der Waals surface area contributed by atoms with Crippen LogP contribution >= 0.6 is 0 Å². The maximum absolute atomic E-state index is 6.39. The van der Waals surface area contributed by atoms with E-state index in [0.717, 1.165) is 29.9 Å². The number of benzene rings is 2. The van der Waals surface area contributed by atoms with Gasteiger partial charge >= 0.3 is 0 Å². The Labute approximate surface area is 149 Å². The van der Waals surface area contributed by atoms with Crippen molar-refractivity contribution in [1.29, 1.82) is 0 Å². The number of hydrogen-bond acceptors (Lipinski definition) is 1. The Hall–Kier alpha value is -2.80. The van der Waals surface area contributed by atoms with Gasteiger partial charge in [-0.3, -0.25) is 0 Å². The van der Waals surface area contributed by atoms with E-state index in [-0.39, 0.29) is 0 Å². The third kappa shape index (κ3) is 2.98. The van der Waals surface area contributed by atoms with Crippen LogP contribution in [0.1, 0.15) is 30.9 Å². The molecule has 0 saturated carbocycles. The summed E-state index contributed by atoms with van der Waals surface area (Å²) in [5.41, 5.74) is 6.13. The summed E-state index contributed by atoms with van der Waals surface area (Å²) in [5, 5.41) is 0. The minimum absolute atomic E-state index is 0.598. The molecule has 4 rings (SSSR count). The van der Waals surface area contributed by atoms with Crippen LogP contribution in [0.3, 0.4) is 0 Å². The van der Waals surface area contributed by atoms with E-state index in [4.69, 9.17) is 4.74 Å². The molecule has 0 N–H and O–H groups in total. The molecule has 1 atom stereocenters.